The van der Waals surface area contributed by atoms with E-state index in [9.17, 15) is 14.4 Å². The van der Waals surface area contributed by atoms with Gasteiger partial charge in [-0.2, -0.15) is 0 Å². The number of amides is 1. The average Bonchev–Trinajstić information content (AvgIpc) is 2.74. The van der Waals surface area contributed by atoms with Gasteiger partial charge in [-0.05, 0) is 19.4 Å². The van der Waals surface area contributed by atoms with Crippen molar-refractivity contribution in [1.82, 2.24) is 0 Å². The second-order valence-corrected chi connectivity index (χ2v) is 4.61. The molecule has 1 aromatic heterocycles. The van der Waals surface area contributed by atoms with Gasteiger partial charge in [0.25, 0.3) is 0 Å². The molecule has 1 heterocycles. The molecular formula is C12H15NO6S. The Morgan fingerprint density at radius 3 is 2.25 bits per heavy atom. The molecule has 0 fully saturated rings. The molecule has 0 saturated carbocycles. The third-order valence-electron chi connectivity index (χ3n) is 2.40. The van der Waals surface area contributed by atoms with Gasteiger partial charge in [0.2, 0.25) is 0 Å². The van der Waals surface area contributed by atoms with Crippen LogP contribution < -0.4 is 5.32 Å². The van der Waals surface area contributed by atoms with Gasteiger partial charge < -0.3 is 14.2 Å². The minimum Gasteiger partial charge on any atom is -0.465 e. The van der Waals surface area contributed by atoms with Crippen LogP contribution in [-0.2, 0) is 14.2 Å². The highest BCUT2D eigenvalue weighted by molar-refractivity contribution is 7.18. The standard InChI is InChI=1S/C12H15NO6S/c1-5-19-12(16)13-9-7(10(14)17-3)6(2)8(20-9)11(15)18-4/h5H2,1-4H3,(H,13,16). The predicted molar refractivity (Wildman–Crippen MR) is 72.4 cm³/mol. The molecule has 0 spiro atoms. The molecule has 0 aliphatic carbocycles. The molecule has 110 valence electrons. The smallest absolute Gasteiger partial charge is 0.412 e. The van der Waals surface area contributed by atoms with Crippen LogP contribution in [0.2, 0.25) is 0 Å². The summed E-state index contributed by atoms with van der Waals surface area (Å²) < 4.78 is 14.0. The number of rotatable bonds is 4. The van der Waals surface area contributed by atoms with Gasteiger partial charge in [0, 0.05) is 0 Å². The molecular weight excluding hydrogens is 286 g/mol. The van der Waals surface area contributed by atoms with Crippen molar-refractivity contribution in [3.05, 3.63) is 16.0 Å². The molecule has 0 bridgehead atoms. The zero-order valence-corrected chi connectivity index (χ0v) is 12.4. The lowest BCUT2D eigenvalue weighted by Crippen LogP contribution is -2.15. The maximum atomic E-state index is 11.8. The summed E-state index contributed by atoms with van der Waals surface area (Å²) in [6, 6.07) is 0. The number of hydrogen-bond acceptors (Lipinski definition) is 7. The van der Waals surface area contributed by atoms with Crippen LogP contribution in [0.15, 0.2) is 0 Å². The number of anilines is 1. The Bertz CT molecular complexity index is 536. The van der Waals surface area contributed by atoms with Crippen molar-refractivity contribution in [1.29, 1.82) is 0 Å². The Kier molecular flexibility index (Phi) is 5.51. The third kappa shape index (κ3) is 3.27. The van der Waals surface area contributed by atoms with E-state index >= 15 is 0 Å². The van der Waals surface area contributed by atoms with Crippen LogP contribution in [0.1, 0.15) is 32.5 Å². The van der Waals surface area contributed by atoms with Gasteiger partial charge in [-0.1, -0.05) is 0 Å². The number of hydrogen-bond donors (Lipinski definition) is 1. The van der Waals surface area contributed by atoms with Crippen LogP contribution in [0.25, 0.3) is 0 Å². The number of methoxy groups -OCH3 is 2. The maximum Gasteiger partial charge on any atom is 0.412 e. The number of carbonyl (C=O) groups is 3. The lowest BCUT2D eigenvalue weighted by atomic mass is 10.1. The highest BCUT2D eigenvalue weighted by Gasteiger charge is 2.26. The van der Waals surface area contributed by atoms with Gasteiger partial charge in [0.15, 0.2) is 0 Å². The number of esters is 2. The molecule has 20 heavy (non-hydrogen) atoms. The summed E-state index contributed by atoms with van der Waals surface area (Å²) in [4.78, 5) is 35.0. The minimum atomic E-state index is -0.713. The molecule has 0 atom stereocenters. The number of ether oxygens (including phenoxy) is 3. The molecule has 1 aromatic rings. The van der Waals surface area contributed by atoms with Crippen LogP contribution in [0.4, 0.5) is 9.80 Å². The first-order valence-corrected chi connectivity index (χ1v) is 6.51. The van der Waals surface area contributed by atoms with E-state index in [0.29, 0.717) is 5.56 Å². The van der Waals surface area contributed by atoms with Gasteiger partial charge in [0.1, 0.15) is 9.88 Å². The highest BCUT2D eigenvalue weighted by atomic mass is 32.1. The number of carbonyl (C=O) groups excluding carboxylic acids is 3. The maximum absolute atomic E-state index is 11.8. The van der Waals surface area contributed by atoms with Crippen molar-refractivity contribution in [2.24, 2.45) is 0 Å². The molecule has 1 rings (SSSR count). The molecule has 0 aromatic carbocycles. The van der Waals surface area contributed by atoms with Crippen molar-refractivity contribution in [2.45, 2.75) is 13.8 Å². The van der Waals surface area contributed by atoms with Crippen LogP contribution in [0.3, 0.4) is 0 Å². The van der Waals surface area contributed by atoms with Gasteiger partial charge in [-0.25, -0.2) is 14.4 Å². The third-order valence-corrected chi connectivity index (χ3v) is 3.59. The summed E-state index contributed by atoms with van der Waals surface area (Å²) in [6.07, 6.45) is -0.713. The van der Waals surface area contributed by atoms with Crippen LogP contribution in [0, 0.1) is 6.92 Å². The summed E-state index contributed by atoms with van der Waals surface area (Å²) in [5.41, 5.74) is 0.506. The quantitative estimate of drug-likeness (QED) is 0.677. The summed E-state index contributed by atoms with van der Waals surface area (Å²) in [5, 5.41) is 2.60. The van der Waals surface area contributed by atoms with Gasteiger partial charge in [0.05, 0.1) is 26.4 Å². The molecule has 1 N–H and O–H groups in total. The van der Waals surface area contributed by atoms with Crippen molar-refractivity contribution in [3.63, 3.8) is 0 Å². The molecule has 1 amide bonds. The van der Waals surface area contributed by atoms with E-state index in [1.54, 1.807) is 13.8 Å². The van der Waals surface area contributed by atoms with E-state index < -0.39 is 18.0 Å². The summed E-state index contributed by atoms with van der Waals surface area (Å²) in [5.74, 6) is -1.24. The Morgan fingerprint density at radius 2 is 1.75 bits per heavy atom. The lowest BCUT2D eigenvalue weighted by molar-refractivity contribution is 0.0601. The van der Waals surface area contributed by atoms with E-state index in [1.165, 1.54) is 14.2 Å². The van der Waals surface area contributed by atoms with E-state index in [1.807, 2.05) is 0 Å². The molecule has 0 aliphatic heterocycles. The fourth-order valence-corrected chi connectivity index (χ4v) is 2.60. The highest BCUT2D eigenvalue weighted by Crippen LogP contribution is 2.34. The Balaban J connectivity index is 3.23. The molecule has 7 nitrogen and oxygen atoms in total. The molecule has 0 saturated heterocycles. The van der Waals surface area contributed by atoms with Crippen molar-refractivity contribution in [2.75, 3.05) is 26.1 Å². The normalized spacial score (nSPS) is 9.80. The van der Waals surface area contributed by atoms with Gasteiger partial charge >= 0.3 is 18.0 Å². The second-order valence-electron chi connectivity index (χ2n) is 3.59. The summed E-state index contributed by atoms with van der Waals surface area (Å²) in [7, 11) is 2.45. The monoisotopic (exact) mass is 301 g/mol. The van der Waals surface area contributed by atoms with E-state index in [4.69, 9.17) is 4.74 Å². The number of thiophene rings is 1. The van der Waals surface area contributed by atoms with E-state index in [0.717, 1.165) is 11.3 Å². The lowest BCUT2D eigenvalue weighted by Gasteiger charge is -2.05. The largest absolute Gasteiger partial charge is 0.465 e. The predicted octanol–water partition coefficient (Wildman–Crippen LogP) is 2.20. The Labute approximate surface area is 119 Å². The fraction of sp³-hybridized carbons (Fsp3) is 0.417. The van der Waals surface area contributed by atoms with Crippen molar-refractivity contribution in [3.8, 4) is 0 Å². The molecule has 0 unspecified atom stereocenters. The average molecular weight is 301 g/mol. The summed E-state index contributed by atoms with van der Waals surface area (Å²) in [6.45, 7) is 3.42. The topological polar surface area (TPSA) is 90.9 Å². The second kappa shape index (κ2) is 6.90. The summed E-state index contributed by atoms with van der Waals surface area (Å²) >= 11 is 0.929. The van der Waals surface area contributed by atoms with Crippen molar-refractivity contribution >= 4 is 34.4 Å². The zero-order chi connectivity index (χ0) is 15.3. The Hall–Kier alpha value is -2.09. The van der Waals surface area contributed by atoms with Crippen LogP contribution in [-0.4, -0.2) is 38.9 Å². The SMILES string of the molecule is CCOC(=O)Nc1sc(C(=O)OC)c(C)c1C(=O)OC. The first-order chi connectivity index (χ1) is 9.46. The zero-order valence-electron chi connectivity index (χ0n) is 11.6. The Morgan fingerprint density at radius 1 is 1.15 bits per heavy atom. The molecule has 8 heteroatoms. The molecule has 0 radical (unpaired) electrons. The fourth-order valence-electron chi connectivity index (χ4n) is 1.50. The van der Waals surface area contributed by atoms with Gasteiger partial charge in [-0.15, -0.1) is 11.3 Å². The first kappa shape index (κ1) is 16.0. The number of nitrogens with one attached hydrogen (secondary N) is 1. The van der Waals surface area contributed by atoms with Gasteiger partial charge in [-0.3, -0.25) is 5.32 Å². The van der Waals surface area contributed by atoms with Crippen molar-refractivity contribution < 1.29 is 28.6 Å². The van der Waals surface area contributed by atoms with E-state index in [-0.39, 0.29) is 22.0 Å². The minimum absolute atomic E-state index is 0.117. The van der Waals surface area contributed by atoms with Crippen LogP contribution >= 0.6 is 11.3 Å². The first-order valence-electron chi connectivity index (χ1n) is 5.70. The van der Waals surface area contributed by atoms with Crippen LogP contribution in [0.5, 0.6) is 0 Å². The molecule has 0 aliphatic rings. The van der Waals surface area contributed by atoms with E-state index in [2.05, 4.69) is 14.8 Å².